The van der Waals surface area contributed by atoms with Crippen LogP contribution in [0.3, 0.4) is 0 Å². The number of amides is 1. The summed E-state index contributed by atoms with van der Waals surface area (Å²) in [5.41, 5.74) is 6.02. The van der Waals surface area contributed by atoms with Crippen LogP contribution in [0.1, 0.15) is 85.5 Å². The Morgan fingerprint density at radius 2 is 1.88 bits per heavy atom. The van der Waals surface area contributed by atoms with Gasteiger partial charge in [0.1, 0.15) is 5.78 Å². The zero-order valence-corrected chi connectivity index (χ0v) is 20.1. The van der Waals surface area contributed by atoms with E-state index in [9.17, 15) is 9.59 Å². The molecule has 1 amide bonds. The second kappa shape index (κ2) is 9.57. The van der Waals surface area contributed by atoms with Crippen LogP contribution in [0.2, 0.25) is 0 Å². The van der Waals surface area contributed by atoms with E-state index in [1.165, 1.54) is 24.0 Å². The average Bonchev–Trinajstić information content (AvgIpc) is 3.29. The molecule has 2 N–H and O–H groups in total. The Kier molecular flexibility index (Phi) is 6.35. The Morgan fingerprint density at radius 3 is 2.65 bits per heavy atom. The van der Waals surface area contributed by atoms with E-state index >= 15 is 0 Å². The van der Waals surface area contributed by atoms with Gasteiger partial charge in [-0.25, -0.2) is 9.67 Å². The number of aryl methyl sites for hydroxylation is 3. The highest BCUT2D eigenvalue weighted by Gasteiger charge is 2.24. The van der Waals surface area contributed by atoms with E-state index in [1.807, 2.05) is 18.5 Å². The largest absolute Gasteiger partial charge is 0.381 e. The van der Waals surface area contributed by atoms with Crippen molar-refractivity contribution in [1.82, 2.24) is 20.1 Å². The molecular formula is C27H33N5O2. The van der Waals surface area contributed by atoms with Gasteiger partial charge in [-0.2, -0.15) is 5.10 Å². The highest BCUT2D eigenvalue weighted by molar-refractivity contribution is 6.06. The first-order chi connectivity index (χ1) is 16.5. The molecule has 1 aromatic carbocycles. The molecular weight excluding hydrogens is 426 g/mol. The second-order valence-electron chi connectivity index (χ2n) is 9.63. The standard InChI is InChI=1S/C27H33N5O2/c1-3-32-26-23(16-29-32)25(31-21-10-12-22(33)13-11-21)24(15-28-26)27(34)30-17(2)19-9-8-18-6-4-5-7-20(18)14-19/h8-9,14-17,21H,3-7,10-13H2,1-2H3,(H,28,31)(H,30,34). The molecule has 0 saturated heterocycles. The third-order valence-corrected chi connectivity index (χ3v) is 7.32. The van der Waals surface area contributed by atoms with E-state index in [0.717, 1.165) is 48.0 Å². The molecule has 178 valence electrons. The molecule has 0 bridgehead atoms. The third-order valence-electron chi connectivity index (χ3n) is 7.32. The van der Waals surface area contributed by atoms with Gasteiger partial charge in [0.05, 0.1) is 28.9 Å². The molecule has 2 heterocycles. The number of hydrogen-bond donors (Lipinski definition) is 2. The number of hydrogen-bond acceptors (Lipinski definition) is 5. The number of nitrogens with zero attached hydrogens (tertiary/aromatic N) is 3. The van der Waals surface area contributed by atoms with E-state index in [-0.39, 0.29) is 18.0 Å². The molecule has 3 aromatic rings. The van der Waals surface area contributed by atoms with Crippen LogP contribution >= 0.6 is 0 Å². The van der Waals surface area contributed by atoms with E-state index in [1.54, 1.807) is 12.4 Å². The van der Waals surface area contributed by atoms with Crippen molar-refractivity contribution in [2.75, 3.05) is 5.32 Å². The Hall–Kier alpha value is -3.22. The van der Waals surface area contributed by atoms with Crippen LogP contribution in [0.5, 0.6) is 0 Å². The maximum absolute atomic E-state index is 13.5. The number of nitrogens with one attached hydrogen (secondary N) is 2. The summed E-state index contributed by atoms with van der Waals surface area (Å²) in [5, 5.41) is 12.1. The number of aromatic nitrogens is 3. The lowest BCUT2D eigenvalue weighted by atomic mass is 9.89. The van der Waals surface area contributed by atoms with Gasteiger partial charge in [0.25, 0.3) is 5.91 Å². The number of Topliss-reactive ketones (excluding diaryl/α,β-unsaturated/α-hetero) is 1. The van der Waals surface area contributed by atoms with Crippen molar-refractivity contribution in [2.24, 2.45) is 0 Å². The maximum atomic E-state index is 13.5. The summed E-state index contributed by atoms with van der Waals surface area (Å²) in [7, 11) is 0. The summed E-state index contributed by atoms with van der Waals surface area (Å²) in [6.45, 7) is 4.76. The lowest BCUT2D eigenvalue weighted by molar-refractivity contribution is -0.120. The molecule has 1 saturated carbocycles. The van der Waals surface area contributed by atoms with Crippen LogP contribution in [-0.2, 0) is 24.2 Å². The molecule has 1 fully saturated rings. The molecule has 7 heteroatoms. The van der Waals surface area contributed by atoms with Crippen LogP contribution in [0.4, 0.5) is 5.69 Å². The Balaban J connectivity index is 1.42. The minimum atomic E-state index is -0.154. The number of carbonyl (C=O) groups excluding carboxylic acids is 2. The van der Waals surface area contributed by atoms with Gasteiger partial charge in [0, 0.05) is 31.6 Å². The molecule has 1 atom stereocenters. The van der Waals surface area contributed by atoms with Crippen LogP contribution in [0.15, 0.2) is 30.6 Å². The fourth-order valence-electron chi connectivity index (χ4n) is 5.25. The summed E-state index contributed by atoms with van der Waals surface area (Å²) >= 11 is 0. The van der Waals surface area contributed by atoms with Crippen molar-refractivity contribution in [1.29, 1.82) is 0 Å². The fraction of sp³-hybridized carbons (Fsp3) is 0.481. The van der Waals surface area contributed by atoms with Crippen molar-refractivity contribution in [2.45, 2.75) is 83.8 Å². The number of benzene rings is 1. The SMILES string of the molecule is CCn1ncc2c(NC3CCC(=O)CC3)c(C(=O)NC(C)c3ccc4c(c3)CCCC4)cnc21. The summed E-state index contributed by atoms with van der Waals surface area (Å²) < 4.78 is 1.84. The van der Waals surface area contributed by atoms with E-state index in [0.29, 0.717) is 30.7 Å². The lowest BCUT2D eigenvalue weighted by Crippen LogP contribution is -2.30. The van der Waals surface area contributed by atoms with Crippen molar-refractivity contribution < 1.29 is 9.59 Å². The summed E-state index contributed by atoms with van der Waals surface area (Å²) in [6, 6.07) is 6.65. The van der Waals surface area contributed by atoms with Gasteiger partial charge in [-0.15, -0.1) is 0 Å². The van der Waals surface area contributed by atoms with Crippen LogP contribution in [0.25, 0.3) is 11.0 Å². The summed E-state index contributed by atoms with van der Waals surface area (Å²) in [4.78, 5) is 29.8. The van der Waals surface area contributed by atoms with Gasteiger partial charge in [-0.05, 0) is 69.1 Å². The van der Waals surface area contributed by atoms with Gasteiger partial charge in [-0.1, -0.05) is 18.2 Å². The van der Waals surface area contributed by atoms with E-state index in [4.69, 9.17) is 0 Å². The molecule has 2 aliphatic rings. The first-order valence-electron chi connectivity index (χ1n) is 12.6. The Labute approximate surface area is 200 Å². The highest BCUT2D eigenvalue weighted by atomic mass is 16.1. The normalized spacial score (nSPS) is 17.4. The third kappa shape index (κ3) is 4.43. The average molecular weight is 460 g/mol. The summed E-state index contributed by atoms with van der Waals surface area (Å²) in [6.07, 6.45) is 10.9. The van der Waals surface area contributed by atoms with Crippen molar-refractivity contribution >= 4 is 28.4 Å². The minimum absolute atomic E-state index is 0.117. The zero-order valence-electron chi connectivity index (χ0n) is 20.1. The lowest BCUT2D eigenvalue weighted by Gasteiger charge is -2.25. The van der Waals surface area contributed by atoms with Crippen molar-refractivity contribution in [3.8, 4) is 0 Å². The molecule has 0 radical (unpaired) electrons. The maximum Gasteiger partial charge on any atom is 0.255 e. The number of carbonyl (C=O) groups is 2. The van der Waals surface area contributed by atoms with Gasteiger partial charge in [-0.3, -0.25) is 9.59 Å². The fourth-order valence-corrected chi connectivity index (χ4v) is 5.25. The van der Waals surface area contributed by atoms with Crippen molar-refractivity contribution in [3.63, 3.8) is 0 Å². The molecule has 7 nitrogen and oxygen atoms in total. The quantitative estimate of drug-likeness (QED) is 0.556. The molecule has 2 aromatic heterocycles. The zero-order chi connectivity index (χ0) is 23.7. The first-order valence-corrected chi connectivity index (χ1v) is 12.6. The predicted octanol–water partition coefficient (Wildman–Crippen LogP) is 4.74. The first kappa shape index (κ1) is 22.6. The monoisotopic (exact) mass is 459 g/mol. The molecule has 2 aliphatic carbocycles. The number of pyridine rings is 1. The van der Waals surface area contributed by atoms with E-state index in [2.05, 4.69) is 38.9 Å². The molecule has 0 aliphatic heterocycles. The Morgan fingerprint density at radius 1 is 1.12 bits per heavy atom. The molecule has 1 unspecified atom stereocenters. The number of rotatable bonds is 6. The Bertz CT molecular complexity index is 1220. The van der Waals surface area contributed by atoms with Gasteiger partial charge in [0.2, 0.25) is 0 Å². The van der Waals surface area contributed by atoms with Crippen LogP contribution < -0.4 is 10.6 Å². The van der Waals surface area contributed by atoms with Crippen LogP contribution in [-0.4, -0.2) is 32.5 Å². The van der Waals surface area contributed by atoms with Gasteiger partial charge in [0.15, 0.2) is 5.65 Å². The van der Waals surface area contributed by atoms with E-state index < -0.39 is 0 Å². The van der Waals surface area contributed by atoms with Gasteiger partial charge < -0.3 is 10.6 Å². The molecule has 0 spiro atoms. The van der Waals surface area contributed by atoms with Gasteiger partial charge >= 0.3 is 0 Å². The van der Waals surface area contributed by atoms with Crippen LogP contribution in [0, 0.1) is 0 Å². The smallest absolute Gasteiger partial charge is 0.255 e. The second-order valence-corrected chi connectivity index (χ2v) is 9.63. The summed E-state index contributed by atoms with van der Waals surface area (Å²) in [5.74, 6) is 0.159. The number of fused-ring (bicyclic) bond motifs is 2. The topological polar surface area (TPSA) is 88.9 Å². The predicted molar refractivity (Wildman–Crippen MR) is 133 cm³/mol. The number of anilines is 1. The highest BCUT2D eigenvalue weighted by Crippen LogP contribution is 2.30. The molecule has 34 heavy (non-hydrogen) atoms. The number of ketones is 1. The van der Waals surface area contributed by atoms with Crippen molar-refractivity contribution in [3.05, 3.63) is 52.8 Å². The minimum Gasteiger partial charge on any atom is -0.381 e. The molecule has 5 rings (SSSR count).